The van der Waals surface area contributed by atoms with Crippen molar-refractivity contribution >= 4 is 5.97 Å². The number of hydrogen-bond donors (Lipinski definition) is 0. The molecule has 0 spiro atoms. The summed E-state index contributed by atoms with van der Waals surface area (Å²) in [4.78, 5) is 11.7. The third-order valence-corrected chi connectivity index (χ3v) is 5.70. The average molecular weight is 367 g/mol. The largest absolute Gasteiger partial charge is 0.466 e. The summed E-state index contributed by atoms with van der Waals surface area (Å²) in [6.45, 7) is 2.89. The van der Waals surface area contributed by atoms with Crippen LogP contribution in [0.25, 0.3) is 0 Å². The van der Waals surface area contributed by atoms with Crippen LogP contribution in [0.2, 0.25) is 0 Å². The van der Waals surface area contributed by atoms with E-state index in [4.69, 9.17) is 4.74 Å². The second-order valence-corrected chi connectivity index (χ2v) is 8.51. The van der Waals surface area contributed by atoms with Crippen LogP contribution in [0.4, 0.5) is 0 Å². The molecule has 0 aromatic carbocycles. The van der Waals surface area contributed by atoms with Crippen molar-refractivity contribution in [3.05, 3.63) is 0 Å². The molecule has 154 valence electrons. The summed E-state index contributed by atoms with van der Waals surface area (Å²) in [5.41, 5.74) is 0. The van der Waals surface area contributed by atoms with E-state index < -0.39 is 0 Å². The molecule has 0 unspecified atom stereocenters. The molecular weight excluding hydrogens is 320 g/mol. The highest BCUT2D eigenvalue weighted by atomic mass is 16.5. The van der Waals surface area contributed by atoms with Crippen LogP contribution in [-0.2, 0) is 9.53 Å². The first-order valence-electron chi connectivity index (χ1n) is 12.0. The van der Waals surface area contributed by atoms with Gasteiger partial charge in [-0.25, -0.2) is 0 Å². The lowest BCUT2D eigenvalue weighted by Crippen LogP contribution is -2.05. The molecule has 26 heavy (non-hydrogen) atoms. The monoisotopic (exact) mass is 366 g/mol. The molecule has 0 N–H and O–H groups in total. The van der Waals surface area contributed by atoms with Crippen LogP contribution in [0.3, 0.4) is 0 Å². The Bertz CT molecular complexity index is 309. The first kappa shape index (κ1) is 23.5. The topological polar surface area (TPSA) is 26.3 Å². The van der Waals surface area contributed by atoms with Gasteiger partial charge in [0.1, 0.15) is 0 Å². The zero-order valence-corrected chi connectivity index (χ0v) is 17.7. The van der Waals surface area contributed by atoms with Crippen LogP contribution in [-0.4, -0.2) is 12.6 Å². The summed E-state index contributed by atoms with van der Waals surface area (Å²) in [5.74, 6) is 1.12. The van der Waals surface area contributed by atoms with Crippen LogP contribution >= 0.6 is 0 Å². The molecule has 0 amide bonds. The molecule has 0 saturated heterocycles. The predicted molar refractivity (Wildman–Crippen MR) is 112 cm³/mol. The number of esters is 1. The third kappa shape index (κ3) is 16.9. The molecule has 0 aromatic rings. The van der Waals surface area contributed by atoms with E-state index in [0.717, 1.165) is 18.8 Å². The van der Waals surface area contributed by atoms with Crippen LogP contribution in [0.1, 0.15) is 135 Å². The van der Waals surface area contributed by atoms with Gasteiger partial charge >= 0.3 is 5.97 Å². The van der Waals surface area contributed by atoms with Gasteiger partial charge in [0.05, 0.1) is 6.61 Å². The van der Waals surface area contributed by atoms with Gasteiger partial charge in [-0.3, -0.25) is 4.79 Å². The fourth-order valence-corrected chi connectivity index (χ4v) is 3.66. The Balaban J connectivity index is 1.69. The molecule has 0 radical (unpaired) electrons. The summed E-state index contributed by atoms with van der Waals surface area (Å²) in [6.07, 6.45) is 25.9. The molecule has 1 aliphatic carbocycles. The van der Waals surface area contributed by atoms with Crippen molar-refractivity contribution < 1.29 is 9.53 Å². The zero-order valence-electron chi connectivity index (χ0n) is 17.7. The van der Waals surface area contributed by atoms with E-state index in [2.05, 4.69) is 6.92 Å². The quantitative estimate of drug-likeness (QED) is 0.161. The standard InChI is InChI=1S/C24H46O2/c1-2-3-4-5-6-11-14-17-22-26-24(25)19-16-13-10-8-7-9-12-15-18-23-20-21-23/h23H,2-22H2,1H3. The van der Waals surface area contributed by atoms with E-state index in [1.54, 1.807) is 0 Å². The van der Waals surface area contributed by atoms with Crippen molar-refractivity contribution in [1.82, 2.24) is 0 Å². The average Bonchev–Trinajstić information content (AvgIpc) is 3.46. The number of carbonyl (C=O) groups excluding carboxylic acids is 1. The lowest BCUT2D eigenvalue weighted by Gasteiger charge is -2.05. The minimum Gasteiger partial charge on any atom is -0.466 e. The molecule has 1 saturated carbocycles. The SMILES string of the molecule is CCCCCCCCCCOC(=O)CCCCCCCCCCC1CC1. The molecule has 1 aliphatic rings. The van der Waals surface area contributed by atoms with Gasteiger partial charge in [-0.2, -0.15) is 0 Å². The zero-order chi connectivity index (χ0) is 18.7. The Morgan fingerprint density at radius 3 is 1.77 bits per heavy atom. The molecule has 2 nitrogen and oxygen atoms in total. The number of unbranched alkanes of at least 4 members (excludes halogenated alkanes) is 14. The number of hydrogen-bond acceptors (Lipinski definition) is 2. The summed E-state index contributed by atoms with van der Waals surface area (Å²) < 4.78 is 5.34. The summed E-state index contributed by atoms with van der Waals surface area (Å²) in [5, 5.41) is 0. The van der Waals surface area contributed by atoms with Gasteiger partial charge in [0.2, 0.25) is 0 Å². The maximum Gasteiger partial charge on any atom is 0.305 e. The highest BCUT2D eigenvalue weighted by Gasteiger charge is 2.19. The predicted octanol–water partition coefficient (Wildman–Crippen LogP) is 7.98. The number of ether oxygens (including phenoxy) is 1. The lowest BCUT2D eigenvalue weighted by molar-refractivity contribution is -0.143. The molecule has 2 heteroatoms. The molecule has 0 atom stereocenters. The second kappa shape index (κ2) is 17.9. The Hall–Kier alpha value is -0.530. The van der Waals surface area contributed by atoms with Crippen molar-refractivity contribution in [2.24, 2.45) is 5.92 Å². The van der Waals surface area contributed by atoms with Gasteiger partial charge in [0, 0.05) is 6.42 Å². The molecule has 0 aromatic heterocycles. The van der Waals surface area contributed by atoms with Crippen molar-refractivity contribution in [2.45, 2.75) is 135 Å². The van der Waals surface area contributed by atoms with E-state index in [1.165, 1.54) is 109 Å². The van der Waals surface area contributed by atoms with E-state index in [-0.39, 0.29) is 5.97 Å². The van der Waals surface area contributed by atoms with E-state index in [1.807, 2.05) is 0 Å². The molecule has 0 aliphatic heterocycles. The maximum absolute atomic E-state index is 11.7. The fourth-order valence-electron chi connectivity index (χ4n) is 3.66. The van der Waals surface area contributed by atoms with Gasteiger partial charge in [-0.05, 0) is 18.8 Å². The van der Waals surface area contributed by atoms with Gasteiger partial charge in [0.25, 0.3) is 0 Å². The number of carbonyl (C=O) groups is 1. The first-order chi connectivity index (χ1) is 12.8. The van der Waals surface area contributed by atoms with Gasteiger partial charge in [-0.1, -0.05) is 116 Å². The fraction of sp³-hybridized carbons (Fsp3) is 0.958. The maximum atomic E-state index is 11.7. The van der Waals surface area contributed by atoms with Crippen molar-refractivity contribution in [3.8, 4) is 0 Å². The highest BCUT2D eigenvalue weighted by Crippen LogP contribution is 2.34. The molecule has 1 fully saturated rings. The summed E-state index contributed by atoms with van der Waals surface area (Å²) in [7, 11) is 0. The summed E-state index contributed by atoms with van der Waals surface area (Å²) in [6, 6.07) is 0. The van der Waals surface area contributed by atoms with E-state index >= 15 is 0 Å². The molecule has 0 bridgehead atoms. The Morgan fingerprint density at radius 2 is 1.19 bits per heavy atom. The Labute approximate surface area is 163 Å². The molecular formula is C24H46O2. The van der Waals surface area contributed by atoms with Crippen molar-refractivity contribution in [1.29, 1.82) is 0 Å². The van der Waals surface area contributed by atoms with Gasteiger partial charge in [-0.15, -0.1) is 0 Å². The molecule has 0 heterocycles. The Morgan fingerprint density at radius 1 is 0.692 bits per heavy atom. The van der Waals surface area contributed by atoms with Gasteiger partial charge in [0.15, 0.2) is 0 Å². The van der Waals surface area contributed by atoms with Crippen molar-refractivity contribution in [2.75, 3.05) is 6.61 Å². The third-order valence-electron chi connectivity index (χ3n) is 5.70. The van der Waals surface area contributed by atoms with Crippen LogP contribution in [0.5, 0.6) is 0 Å². The minimum absolute atomic E-state index is 0.0213. The normalized spacial score (nSPS) is 13.9. The Kier molecular flexibility index (Phi) is 16.2. The van der Waals surface area contributed by atoms with Gasteiger partial charge < -0.3 is 4.74 Å². The lowest BCUT2D eigenvalue weighted by atomic mass is 10.1. The first-order valence-corrected chi connectivity index (χ1v) is 12.0. The van der Waals surface area contributed by atoms with Crippen molar-refractivity contribution in [3.63, 3.8) is 0 Å². The van der Waals surface area contributed by atoms with Crippen LogP contribution in [0, 0.1) is 5.92 Å². The number of rotatable bonds is 20. The second-order valence-electron chi connectivity index (χ2n) is 8.51. The molecule has 1 rings (SSSR count). The smallest absolute Gasteiger partial charge is 0.305 e. The summed E-state index contributed by atoms with van der Waals surface area (Å²) >= 11 is 0. The van der Waals surface area contributed by atoms with Crippen LogP contribution in [0.15, 0.2) is 0 Å². The van der Waals surface area contributed by atoms with Crippen LogP contribution < -0.4 is 0 Å². The van der Waals surface area contributed by atoms with E-state index in [9.17, 15) is 4.79 Å². The van der Waals surface area contributed by atoms with E-state index in [0.29, 0.717) is 13.0 Å². The minimum atomic E-state index is 0.0213. The highest BCUT2D eigenvalue weighted by molar-refractivity contribution is 5.69.